The number of rotatable bonds is 7. The Hall–Kier alpha value is -2.82. The minimum atomic E-state index is 0.0872. The third-order valence-corrected chi connectivity index (χ3v) is 4.96. The minimum absolute atomic E-state index is 0.0872. The lowest BCUT2D eigenvalue weighted by atomic mass is 9.98. The summed E-state index contributed by atoms with van der Waals surface area (Å²) in [5.74, 6) is 1.58. The number of ether oxygens (including phenoxy) is 2. The van der Waals surface area contributed by atoms with Crippen LogP contribution in [-0.2, 0) is 17.8 Å². The molecule has 0 radical (unpaired) electrons. The van der Waals surface area contributed by atoms with Crippen LogP contribution < -0.4 is 9.47 Å². The summed E-state index contributed by atoms with van der Waals surface area (Å²) in [5, 5.41) is 0. The number of methoxy groups -OCH3 is 2. The molecule has 0 saturated heterocycles. The van der Waals surface area contributed by atoms with Crippen molar-refractivity contribution in [3.05, 3.63) is 59.2 Å². The van der Waals surface area contributed by atoms with Gasteiger partial charge in [0.2, 0.25) is 5.91 Å². The van der Waals surface area contributed by atoms with Gasteiger partial charge in [0.15, 0.2) is 17.3 Å². The number of amides is 1. The Balaban J connectivity index is 1.55. The van der Waals surface area contributed by atoms with Gasteiger partial charge in [-0.2, -0.15) is 0 Å². The fourth-order valence-electron chi connectivity index (χ4n) is 3.42. The molecule has 142 valence electrons. The molecule has 1 aliphatic rings. The number of carbonyl (C=O) groups excluding carboxylic acids is 2. The molecule has 0 aromatic heterocycles. The van der Waals surface area contributed by atoms with Gasteiger partial charge < -0.3 is 14.4 Å². The zero-order valence-electron chi connectivity index (χ0n) is 15.9. The summed E-state index contributed by atoms with van der Waals surface area (Å²) in [5.41, 5.74) is 2.99. The molecule has 27 heavy (non-hydrogen) atoms. The first-order valence-corrected chi connectivity index (χ1v) is 9.22. The Morgan fingerprint density at radius 1 is 0.963 bits per heavy atom. The Kier molecular flexibility index (Phi) is 6.12. The molecule has 1 amide bonds. The molecule has 0 N–H and O–H groups in total. The number of carbonyl (C=O) groups is 2. The first-order chi connectivity index (χ1) is 13.1. The fraction of sp³-hybridized carbons (Fsp3) is 0.364. The Morgan fingerprint density at radius 3 is 2.30 bits per heavy atom. The van der Waals surface area contributed by atoms with Gasteiger partial charge in [-0.15, -0.1) is 0 Å². The second-order valence-electron chi connectivity index (χ2n) is 6.68. The molecule has 0 atom stereocenters. The van der Waals surface area contributed by atoms with Crippen molar-refractivity contribution in [3.63, 3.8) is 0 Å². The van der Waals surface area contributed by atoms with Gasteiger partial charge in [-0.1, -0.05) is 30.3 Å². The highest BCUT2D eigenvalue weighted by atomic mass is 16.5. The highest BCUT2D eigenvalue weighted by molar-refractivity contribution is 5.96. The van der Waals surface area contributed by atoms with Crippen molar-refractivity contribution in [2.45, 2.75) is 32.2 Å². The van der Waals surface area contributed by atoms with E-state index in [-0.39, 0.29) is 11.7 Å². The monoisotopic (exact) mass is 367 g/mol. The van der Waals surface area contributed by atoms with E-state index in [1.165, 1.54) is 5.56 Å². The van der Waals surface area contributed by atoms with E-state index in [0.717, 1.165) is 17.7 Å². The van der Waals surface area contributed by atoms with Gasteiger partial charge in [0, 0.05) is 31.5 Å². The second kappa shape index (κ2) is 8.71. The standard InChI is InChI=1S/C22H25NO4/c1-26-20-13-17-11-12-23(15-18(17)14-21(20)27-2)22(25)10-6-9-19(24)16-7-4-3-5-8-16/h3-5,7-8,13-14H,6,9-12,15H2,1-2H3. The third-order valence-electron chi connectivity index (χ3n) is 4.96. The Bertz CT molecular complexity index is 817. The van der Waals surface area contributed by atoms with Crippen molar-refractivity contribution in [2.24, 2.45) is 0 Å². The number of benzene rings is 2. The van der Waals surface area contributed by atoms with E-state index < -0.39 is 0 Å². The zero-order valence-corrected chi connectivity index (χ0v) is 15.9. The molecule has 2 aromatic carbocycles. The average Bonchev–Trinajstić information content (AvgIpc) is 2.72. The van der Waals surface area contributed by atoms with Crippen LogP contribution in [0.3, 0.4) is 0 Å². The molecule has 2 aromatic rings. The zero-order chi connectivity index (χ0) is 19.2. The van der Waals surface area contributed by atoms with Crippen molar-refractivity contribution in [1.29, 1.82) is 0 Å². The Morgan fingerprint density at radius 2 is 1.63 bits per heavy atom. The first kappa shape index (κ1) is 19.0. The molecule has 0 unspecified atom stereocenters. The molecule has 0 saturated carbocycles. The molecular formula is C22H25NO4. The molecule has 5 nitrogen and oxygen atoms in total. The maximum atomic E-state index is 12.6. The van der Waals surface area contributed by atoms with E-state index in [1.807, 2.05) is 47.4 Å². The van der Waals surface area contributed by atoms with Crippen LogP contribution in [0.4, 0.5) is 0 Å². The van der Waals surface area contributed by atoms with Gasteiger partial charge in [-0.3, -0.25) is 9.59 Å². The topological polar surface area (TPSA) is 55.8 Å². The highest BCUT2D eigenvalue weighted by Gasteiger charge is 2.22. The summed E-state index contributed by atoms with van der Waals surface area (Å²) < 4.78 is 10.7. The molecule has 0 spiro atoms. The largest absolute Gasteiger partial charge is 0.493 e. The van der Waals surface area contributed by atoms with Gasteiger partial charge in [-0.25, -0.2) is 0 Å². The number of fused-ring (bicyclic) bond motifs is 1. The summed E-state index contributed by atoms with van der Waals surface area (Å²) >= 11 is 0. The Labute approximate surface area is 159 Å². The minimum Gasteiger partial charge on any atom is -0.493 e. The average molecular weight is 367 g/mol. The molecule has 1 heterocycles. The predicted octanol–water partition coefficient (Wildman–Crippen LogP) is 3.64. The summed E-state index contributed by atoms with van der Waals surface area (Å²) in [6, 6.07) is 13.2. The van der Waals surface area contributed by atoms with E-state index in [0.29, 0.717) is 43.7 Å². The molecule has 0 aliphatic carbocycles. The molecule has 0 bridgehead atoms. The first-order valence-electron chi connectivity index (χ1n) is 9.22. The lowest BCUT2D eigenvalue weighted by molar-refractivity contribution is -0.132. The van der Waals surface area contributed by atoms with E-state index in [2.05, 4.69) is 0 Å². The molecule has 5 heteroatoms. The quantitative estimate of drug-likeness (QED) is 0.701. The highest BCUT2D eigenvalue weighted by Crippen LogP contribution is 2.33. The molecule has 3 rings (SSSR count). The maximum absolute atomic E-state index is 12.6. The smallest absolute Gasteiger partial charge is 0.222 e. The van der Waals surface area contributed by atoms with Crippen LogP contribution in [0.1, 0.15) is 40.7 Å². The number of Topliss-reactive ketones (excluding diaryl/α,β-unsaturated/α-hetero) is 1. The summed E-state index contributed by atoms with van der Waals surface area (Å²) in [4.78, 5) is 26.6. The number of hydrogen-bond acceptors (Lipinski definition) is 4. The lowest BCUT2D eigenvalue weighted by Gasteiger charge is -2.29. The van der Waals surface area contributed by atoms with Gasteiger partial charge in [0.1, 0.15) is 0 Å². The number of ketones is 1. The van der Waals surface area contributed by atoms with Crippen LogP contribution in [0.15, 0.2) is 42.5 Å². The van der Waals surface area contributed by atoms with Crippen LogP contribution in [-0.4, -0.2) is 37.4 Å². The lowest BCUT2D eigenvalue weighted by Crippen LogP contribution is -2.35. The van der Waals surface area contributed by atoms with Crippen molar-refractivity contribution >= 4 is 11.7 Å². The molecular weight excluding hydrogens is 342 g/mol. The van der Waals surface area contributed by atoms with Crippen molar-refractivity contribution in [2.75, 3.05) is 20.8 Å². The van der Waals surface area contributed by atoms with Crippen LogP contribution in [0.5, 0.6) is 11.5 Å². The number of hydrogen-bond donors (Lipinski definition) is 0. The van der Waals surface area contributed by atoms with Gasteiger partial charge in [0.05, 0.1) is 14.2 Å². The fourth-order valence-corrected chi connectivity index (χ4v) is 3.42. The van der Waals surface area contributed by atoms with Crippen LogP contribution in [0.25, 0.3) is 0 Å². The normalized spacial score (nSPS) is 13.0. The molecule has 1 aliphatic heterocycles. The third kappa shape index (κ3) is 4.48. The SMILES string of the molecule is COc1cc2c(cc1OC)CN(C(=O)CCCC(=O)c1ccccc1)CC2. The molecule has 0 fully saturated rings. The van der Waals surface area contributed by atoms with Gasteiger partial charge >= 0.3 is 0 Å². The van der Waals surface area contributed by atoms with E-state index >= 15 is 0 Å². The second-order valence-corrected chi connectivity index (χ2v) is 6.68. The van der Waals surface area contributed by atoms with Gasteiger partial charge in [-0.05, 0) is 36.1 Å². The van der Waals surface area contributed by atoms with Crippen molar-refractivity contribution in [3.8, 4) is 11.5 Å². The van der Waals surface area contributed by atoms with Crippen molar-refractivity contribution < 1.29 is 19.1 Å². The summed E-state index contributed by atoms with van der Waals surface area (Å²) in [7, 11) is 3.24. The van der Waals surface area contributed by atoms with E-state index in [9.17, 15) is 9.59 Å². The predicted molar refractivity (Wildman–Crippen MR) is 103 cm³/mol. The van der Waals surface area contributed by atoms with Crippen LogP contribution in [0, 0.1) is 0 Å². The summed E-state index contributed by atoms with van der Waals surface area (Å²) in [6.07, 6.45) is 2.15. The van der Waals surface area contributed by atoms with E-state index in [1.54, 1.807) is 14.2 Å². The van der Waals surface area contributed by atoms with E-state index in [4.69, 9.17) is 9.47 Å². The van der Waals surface area contributed by atoms with Crippen molar-refractivity contribution in [1.82, 2.24) is 4.90 Å². The van der Waals surface area contributed by atoms with Crippen LogP contribution in [0.2, 0.25) is 0 Å². The summed E-state index contributed by atoms with van der Waals surface area (Å²) in [6.45, 7) is 1.26. The van der Waals surface area contributed by atoms with Gasteiger partial charge in [0.25, 0.3) is 0 Å². The maximum Gasteiger partial charge on any atom is 0.222 e. The van der Waals surface area contributed by atoms with Crippen LogP contribution >= 0.6 is 0 Å². The number of nitrogens with zero attached hydrogens (tertiary/aromatic N) is 1.